The van der Waals surface area contributed by atoms with Crippen LogP contribution in [0.15, 0.2) is 0 Å². The summed E-state index contributed by atoms with van der Waals surface area (Å²) in [5, 5.41) is 8.33. The van der Waals surface area contributed by atoms with Gasteiger partial charge in [-0.25, -0.2) is 0 Å². The Morgan fingerprint density at radius 1 is 1.19 bits per heavy atom. The number of aliphatic carboxylic acids is 1. The molecule has 0 amide bonds. The van der Waals surface area contributed by atoms with Gasteiger partial charge < -0.3 is 14.6 Å². The van der Waals surface area contributed by atoms with Crippen molar-refractivity contribution in [3.8, 4) is 0 Å². The lowest BCUT2D eigenvalue weighted by Gasteiger charge is -2.20. The van der Waals surface area contributed by atoms with E-state index in [2.05, 4.69) is 0 Å². The minimum atomic E-state index is -0.899. The van der Waals surface area contributed by atoms with E-state index in [0.29, 0.717) is 6.42 Å². The first-order valence-electron chi connectivity index (χ1n) is 5.37. The second-order valence-corrected chi connectivity index (χ2v) is 4.13. The molecule has 0 saturated carbocycles. The van der Waals surface area contributed by atoms with Crippen LogP contribution in [0.5, 0.6) is 0 Å². The number of rotatable bonds is 8. The van der Waals surface area contributed by atoms with Gasteiger partial charge in [-0.05, 0) is 20.3 Å². The monoisotopic (exact) mass is 232 g/mol. The van der Waals surface area contributed by atoms with Crippen LogP contribution in [0.1, 0.15) is 33.6 Å². The van der Waals surface area contributed by atoms with Crippen LogP contribution >= 0.6 is 0 Å². The number of carbonyl (C=O) groups excluding carboxylic acids is 1. The zero-order chi connectivity index (χ0) is 12.6. The summed E-state index contributed by atoms with van der Waals surface area (Å²) < 4.78 is 9.98. The predicted octanol–water partition coefficient (Wildman–Crippen LogP) is 1.46. The van der Waals surface area contributed by atoms with Gasteiger partial charge in [-0.3, -0.25) is 9.59 Å². The molecule has 0 atom stereocenters. The summed E-state index contributed by atoms with van der Waals surface area (Å²) >= 11 is 0. The Morgan fingerprint density at radius 3 is 2.31 bits per heavy atom. The maximum Gasteiger partial charge on any atom is 0.311 e. The molecule has 0 aromatic rings. The largest absolute Gasteiger partial charge is 0.481 e. The topological polar surface area (TPSA) is 72.8 Å². The van der Waals surface area contributed by atoms with E-state index in [0.717, 1.165) is 0 Å². The van der Waals surface area contributed by atoms with E-state index in [1.807, 2.05) is 20.8 Å². The summed E-state index contributed by atoms with van der Waals surface area (Å²) in [6.45, 7) is 6.11. The number of hydrogen-bond acceptors (Lipinski definition) is 4. The van der Waals surface area contributed by atoms with E-state index in [-0.39, 0.29) is 32.2 Å². The van der Waals surface area contributed by atoms with Crippen molar-refractivity contribution in [3.05, 3.63) is 0 Å². The van der Waals surface area contributed by atoms with Crippen molar-refractivity contribution >= 4 is 11.9 Å². The van der Waals surface area contributed by atoms with E-state index in [4.69, 9.17) is 14.6 Å². The SMILES string of the molecule is CCC(C)(C)C(=O)OCCOCCC(=O)O. The molecule has 5 heteroatoms. The fourth-order valence-electron chi connectivity index (χ4n) is 0.795. The quantitative estimate of drug-likeness (QED) is 0.506. The number of esters is 1. The highest BCUT2D eigenvalue weighted by Gasteiger charge is 2.26. The number of ether oxygens (including phenoxy) is 2. The Morgan fingerprint density at radius 2 is 1.81 bits per heavy atom. The minimum absolute atomic E-state index is 0.0333. The van der Waals surface area contributed by atoms with Crippen molar-refractivity contribution in [1.82, 2.24) is 0 Å². The van der Waals surface area contributed by atoms with Crippen LogP contribution in [-0.4, -0.2) is 36.9 Å². The van der Waals surface area contributed by atoms with E-state index >= 15 is 0 Å². The molecule has 0 rings (SSSR count). The highest BCUT2D eigenvalue weighted by molar-refractivity contribution is 5.75. The van der Waals surface area contributed by atoms with Gasteiger partial charge in [0.25, 0.3) is 0 Å². The van der Waals surface area contributed by atoms with Crippen molar-refractivity contribution in [2.45, 2.75) is 33.6 Å². The molecular weight excluding hydrogens is 212 g/mol. The van der Waals surface area contributed by atoms with E-state index in [1.54, 1.807) is 0 Å². The van der Waals surface area contributed by atoms with Gasteiger partial charge >= 0.3 is 11.9 Å². The second kappa shape index (κ2) is 7.22. The molecule has 0 bridgehead atoms. The lowest BCUT2D eigenvalue weighted by atomic mass is 9.91. The van der Waals surface area contributed by atoms with Crippen molar-refractivity contribution in [3.63, 3.8) is 0 Å². The molecule has 5 nitrogen and oxygen atoms in total. The van der Waals surface area contributed by atoms with Crippen molar-refractivity contribution in [1.29, 1.82) is 0 Å². The van der Waals surface area contributed by atoms with Crippen LogP contribution in [-0.2, 0) is 19.1 Å². The van der Waals surface area contributed by atoms with Crippen LogP contribution < -0.4 is 0 Å². The van der Waals surface area contributed by atoms with Crippen molar-refractivity contribution in [2.24, 2.45) is 5.41 Å². The third kappa shape index (κ3) is 6.40. The van der Waals surface area contributed by atoms with Crippen LogP contribution in [0.25, 0.3) is 0 Å². The molecule has 94 valence electrons. The summed E-state index contributed by atoms with van der Waals surface area (Å²) in [7, 11) is 0. The molecule has 1 N–H and O–H groups in total. The molecule has 0 saturated heterocycles. The third-order valence-electron chi connectivity index (χ3n) is 2.36. The average Bonchev–Trinajstić information content (AvgIpc) is 2.22. The van der Waals surface area contributed by atoms with Gasteiger partial charge in [-0.2, -0.15) is 0 Å². The van der Waals surface area contributed by atoms with E-state index in [9.17, 15) is 9.59 Å². The van der Waals surface area contributed by atoms with E-state index in [1.165, 1.54) is 0 Å². The Labute approximate surface area is 95.7 Å². The number of carboxylic acid groups (broad SMARTS) is 1. The highest BCUT2D eigenvalue weighted by Crippen LogP contribution is 2.21. The number of carbonyl (C=O) groups is 2. The van der Waals surface area contributed by atoms with Crippen LogP contribution in [0.3, 0.4) is 0 Å². The zero-order valence-corrected chi connectivity index (χ0v) is 10.1. The Kier molecular flexibility index (Phi) is 6.72. The molecular formula is C11H20O5. The summed E-state index contributed by atoms with van der Waals surface area (Å²) in [6.07, 6.45) is 0.681. The van der Waals surface area contributed by atoms with Gasteiger partial charge in [-0.15, -0.1) is 0 Å². The fraction of sp³-hybridized carbons (Fsp3) is 0.818. The molecule has 0 aliphatic carbocycles. The zero-order valence-electron chi connectivity index (χ0n) is 10.1. The minimum Gasteiger partial charge on any atom is -0.481 e. The summed E-state index contributed by atoms with van der Waals surface area (Å²) in [5.41, 5.74) is -0.471. The molecule has 0 fully saturated rings. The van der Waals surface area contributed by atoms with Gasteiger partial charge in [0, 0.05) is 0 Å². The van der Waals surface area contributed by atoms with Gasteiger partial charge in [-0.1, -0.05) is 6.92 Å². The summed E-state index contributed by atoms with van der Waals surface area (Å²) in [5.74, 6) is -1.15. The van der Waals surface area contributed by atoms with E-state index < -0.39 is 11.4 Å². The molecule has 0 aromatic heterocycles. The van der Waals surface area contributed by atoms with Gasteiger partial charge in [0.1, 0.15) is 6.61 Å². The summed E-state index contributed by atoms with van der Waals surface area (Å²) in [4.78, 5) is 21.6. The molecule has 0 heterocycles. The Hall–Kier alpha value is -1.10. The van der Waals surface area contributed by atoms with Crippen LogP contribution in [0.4, 0.5) is 0 Å². The third-order valence-corrected chi connectivity index (χ3v) is 2.36. The first-order valence-corrected chi connectivity index (χ1v) is 5.37. The Bertz CT molecular complexity index is 235. The highest BCUT2D eigenvalue weighted by atomic mass is 16.6. The van der Waals surface area contributed by atoms with Gasteiger partial charge in [0.15, 0.2) is 0 Å². The van der Waals surface area contributed by atoms with Crippen LogP contribution in [0.2, 0.25) is 0 Å². The Balaban J connectivity index is 3.52. The number of carboxylic acids is 1. The molecule has 0 aliphatic rings. The molecule has 0 spiro atoms. The molecule has 0 aromatic carbocycles. The second-order valence-electron chi connectivity index (χ2n) is 4.13. The first-order chi connectivity index (χ1) is 7.40. The van der Waals surface area contributed by atoms with Crippen molar-refractivity contribution < 1.29 is 24.2 Å². The van der Waals surface area contributed by atoms with Gasteiger partial charge in [0.2, 0.25) is 0 Å². The standard InChI is InChI=1S/C11H20O5/c1-4-11(2,3)10(14)16-8-7-15-6-5-9(12)13/h4-8H2,1-3H3,(H,12,13). The van der Waals surface area contributed by atoms with Gasteiger partial charge in [0.05, 0.1) is 25.0 Å². The molecule has 0 unspecified atom stereocenters. The summed E-state index contributed by atoms with van der Waals surface area (Å²) in [6, 6.07) is 0. The maximum atomic E-state index is 11.5. The van der Waals surface area contributed by atoms with Crippen molar-refractivity contribution in [2.75, 3.05) is 19.8 Å². The lowest BCUT2D eigenvalue weighted by molar-refractivity contribution is -0.156. The maximum absolute atomic E-state index is 11.5. The number of hydrogen-bond donors (Lipinski definition) is 1. The molecule has 0 radical (unpaired) electrons. The normalized spacial score (nSPS) is 11.2. The first kappa shape index (κ1) is 14.9. The fourth-order valence-corrected chi connectivity index (χ4v) is 0.795. The van der Waals surface area contributed by atoms with Crippen LogP contribution in [0, 0.1) is 5.41 Å². The molecule has 0 aliphatic heterocycles. The average molecular weight is 232 g/mol. The lowest BCUT2D eigenvalue weighted by Crippen LogP contribution is -2.27. The smallest absolute Gasteiger partial charge is 0.311 e. The molecule has 16 heavy (non-hydrogen) atoms. The predicted molar refractivity (Wildman–Crippen MR) is 58.1 cm³/mol.